The first kappa shape index (κ1) is 8.10. The zero-order chi connectivity index (χ0) is 9.42. The molecule has 0 aliphatic carbocycles. The van der Waals surface area contributed by atoms with E-state index in [0.29, 0.717) is 5.69 Å². The molecule has 3 heteroatoms. The van der Waals surface area contributed by atoms with Crippen LogP contribution in [0.1, 0.15) is 28.5 Å². The maximum absolute atomic E-state index is 11.5. The number of aromatic amines is 1. The van der Waals surface area contributed by atoms with Gasteiger partial charge in [0.05, 0.1) is 0 Å². The van der Waals surface area contributed by atoms with Gasteiger partial charge in [0.1, 0.15) is 5.69 Å². The molecule has 2 N–H and O–H groups in total. The molecule has 1 aliphatic rings. The van der Waals surface area contributed by atoms with E-state index in [4.69, 9.17) is 0 Å². The van der Waals surface area contributed by atoms with Gasteiger partial charge >= 0.3 is 0 Å². The minimum atomic E-state index is -0.0272. The largest absolute Gasteiger partial charge is 0.356 e. The molecule has 3 nitrogen and oxygen atoms in total. The normalized spacial score (nSPS) is 20.8. The van der Waals surface area contributed by atoms with Gasteiger partial charge in [-0.25, -0.2) is 0 Å². The van der Waals surface area contributed by atoms with Crippen molar-refractivity contribution in [3.05, 3.63) is 29.1 Å². The van der Waals surface area contributed by atoms with Crippen molar-refractivity contribution in [2.45, 2.75) is 19.9 Å². The van der Waals surface area contributed by atoms with Crippen LogP contribution in [0.5, 0.6) is 0 Å². The summed E-state index contributed by atoms with van der Waals surface area (Å²) in [6.07, 6.45) is 5.83. The fraction of sp³-hybridized carbons (Fsp3) is 0.300. The SMILES string of the molecule is Cc1c[nH]c2c1C=CC(C)NC2=O. The van der Waals surface area contributed by atoms with E-state index in [0.717, 1.165) is 11.1 Å². The first-order chi connectivity index (χ1) is 6.18. The van der Waals surface area contributed by atoms with E-state index in [1.807, 2.05) is 32.2 Å². The number of nitrogens with one attached hydrogen (secondary N) is 2. The maximum Gasteiger partial charge on any atom is 0.268 e. The number of H-pyrrole nitrogens is 1. The number of rotatable bonds is 0. The van der Waals surface area contributed by atoms with Crippen molar-refractivity contribution in [1.29, 1.82) is 0 Å². The quantitative estimate of drug-likeness (QED) is 0.617. The first-order valence-corrected chi connectivity index (χ1v) is 4.35. The Kier molecular flexibility index (Phi) is 1.72. The Labute approximate surface area is 76.8 Å². The van der Waals surface area contributed by atoms with Crippen molar-refractivity contribution in [3.63, 3.8) is 0 Å². The van der Waals surface area contributed by atoms with Gasteiger partial charge in [0.25, 0.3) is 5.91 Å². The van der Waals surface area contributed by atoms with Crippen LogP contribution in [0.3, 0.4) is 0 Å². The van der Waals surface area contributed by atoms with E-state index in [-0.39, 0.29) is 11.9 Å². The topological polar surface area (TPSA) is 44.9 Å². The lowest BCUT2D eigenvalue weighted by Crippen LogP contribution is -2.30. The third-order valence-corrected chi connectivity index (χ3v) is 2.26. The molecule has 0 saturated heterocycles. The minimum Gasteiger partial charge on any atom is -0.356 e. The summed E-state index contributed by atoms with van der Waals surface area (Å²) in [7, 11) is 0. The van der Waals surface area contributed by atoms with Crippen LogP contribution in [0.2, 0.25) is 0 Å². The lowest BCUT2D eigenvalue weighted by Gasteiger charge is -2.05. The number of fused-ring (bicyclic) bond motifs is 1. The van der Waals surface area contributed by atoms with Gasteiger partial charge in [-0.05, 0) is 19.4 Å². The summed E-state index contributed by atoms with van der Waals surface area (Å²) >= 11 is 0. The molecule has 2 rings (SSSR count). The highest BCUT2D eigenvalue weighted by atomic mass is 16.1. The van der Waals surface area contributed by atoms with Crippen LogP contribution in [-0.4, -0.2) is 16.9 Å². The van der Waals surface area contributed by atoms with Gasteiger partial charge < -0.3 is 10.3 Å². The second kappa shape index (κ2) is 2.76. The summed E-state index contributed by atoms with van der Waals surface area (Å²) < 4.78 is 0. The number of amides is 1. The Morgan fingerprint density at radius 2 is 2.23 bits per heavy atom. The summed E-state index contributed by atoms with van der Waals surface area (Å²) in [5.74, 6) is -0.0272. The lowest BCUT2D eigenvalue weighted by molar-refractivity contribution is 0.0943. The van der Waals surface area contributed by atoms with Crippen LogP contribution in [0.25, 0.3) is 6.08 Å². The molecular formula is C10H12N2O. The molecule has 0 fully saturated rings. The van der Waals surface area contributed by atoms with Gasteiger partial charge in [0, 0.05) is 17.8 Å². The minimum absolute atomic E-state index is 0.0272. The predicted molar refractivity (Wildman–Crippen MR) is 51.5 cm³/mol. The summed E-state index contributed by atoms with van der Waals surface area (Å²) in [5.41, 5.74) is 2.77. The van der Waals surface area contributed by atoms with Crippen molar-refractivity contribution < 1.29 is 4.79 Å². The van der Waals surface area contributed by atoms with E-state index < -0.39 is 0 Å². The Balaban J connectivity index is 2.54. The van der Waals surface area contributed by atoms with E-state index in [2.05, 4.69) is 10.3 Å². The Bertz CT molecular complexity index is 376. The molecule has 1 aromatic heterocycles. The van der Waals surface area contributed by atoms with Gasteiger partial charge in [-0.1, -0.05) is 12.2 Å². The molecule has 1 aromatic rings. The van der Waals surface area contributed by atoms with Crippen molar-refractivity contribution >= 4 is 12.0 Å². The first-order valence-electron chi connectivity index (χ1n) is 4.35. The monoisotopic (exact) mass is 176 g/mol. The molecule has 1 atom stereocenters. The molecule has 68 valence electrons. The molecule has 2 heterocycles. The Morgan fingerprint density at radius 1 is 1.46 bits per heavy atom. The summed E-state index contributed by atoms with van der Waals surface area (Å²) in [6, 6.07) is 0.104. The Hall–Kier alpha value is -1.51. The zero-order valence-electron chi connectivity index (χ0n) is 7.72. The second-order valence-electron chi connectivity index (χ2n) is 3.38. The fourth-order valence-electron chi connectivity index (χ4n) is 1.50. The van der Waals surface area contributed by atoms with Crippen LogP contribution in [0, 0.1) is 6.92 Å². The molecule has 0 aromatic carbocycles. The molecule has 0 saturated carbocycles. The number of aromatic nitrogens is 1. The van der Waals surface area contributed by atoms with Crippen LogP contribution in [-0.2, 0) is 0 Å². The van der Waals surface area contributed by atoms with Crippen LogP contribution in [0.15, 0.2) is 12.3 Å². The highest BCUT2D eigenvalue weighted by Crippen LogP contribution is 2.17. The number of aryl methyl sites for hydroxylation is 1. The van der Waals surface area contributed by atoms with Gasteiger partial charge in [-0.3, -0.25) is 4.79 Å². The zero-order valence-corrected chi connectivity index (χ0v) is 7.72. The summed E-state index contributed by atoms with van der Waals surface area (Å²) in [6.45, 7) is 3.94. The predicted octanol–water partition coefficient (Wildman–Crippen LogP) is 1.47. The number of carbonyl (C=O) groups is 1. The molecule has 1 aliphatic heterocycles. The van der Waals surface area contributed by atoms with Gasteiger partial charge in [0.2, 0.25) is 0 Å². The highest BCUT2D eigenvalue weighted by molar-refractivity contribution is 5.97. The van der Waals surface area contributed by atoms with Crippen LogP contribution < -0.4 is 5.32 Å². The smallest absolute Gasteiger partial charge is 0.268 e. The number of carbonyl (C=O) groups excluding carboxylic acids is 1. The second-order valence-corrected chi connectivity index (χ2v) is 3.38. The third-order valence-electron chi connectivity index (χ3n) is 2.26. The van der Waals surface area contributed by atoms with Crippen LogP contribution in [0.4, 0.5) is 0 Å². The van der Waals surface area contributed by atoms with Crippen molar-refractivity contribution in [2.24, 2.45) is 0 Å². The van der Waals surface area contributed by atoms with Crippen LogP contribution >= 0.6 is 0 Å². The average Bonchev–Trinajstić information content (AvgIpc) is 2.36. The molecule has 0 bridgehead atoms. The molecule has 0 radical (unpaired) electrons. The van der Waals surface area contributed by atoms with E-state index >= 15 is 0 Å². The third kappa shape index (κ3) is 1.26. The average molecular weight is 176 g/mol. The standard InChI is InChI=1S/C10H12N2O/c1-6-5-11-9-8(6)4-3-7(2)12-10(9)13/h3-5,7,11H,1-2H3,(H,12,13). The molecule has 1 unspecified atom stereocenters. The van der Waals surface area contributed by atoms with Gasteiger partial charge in [-0.2, -0.15) is 0 Å². The van der Waals surface area contributed by atoms with Crippen molar-refractivity contribution in [2.75, 3.05) is 0 Å². The summed E-state index contributed by atoms with van der Waals surface area (Å²) in [4.78, 5) is 14.5. The van der Waals surface area contributed by atoms with Crippen molar-refractivity contribution in [3.8, 4) is 0 Å². The molecule has 0 spiro atoms. The maximum atomic E-state index is 11.5. The highest BCUT2D eigenvalue weighted by Gasteiger charge is 2.17. The Morgan fingerprint density at radius 3 is 3.00 bits per heavy atom. The summed E-state index contributed by atoms with van der Waals surface area (Å²) in [5, 5.41) is 2.85. The van der Waals surface area contributed by atoms with Gasteiger partial charge in [0.15, 0.2) is 0 Å². The molecule has 1 amide bonds. The van der Waals surface area contributed by atoms with Crippen molar-refractivity contribution in [1.82, 2.24) is 10.3 Å². The molecule has 13 heavy (non-hydrogen) atoms. The van der Waals surface area contributed by atoms with Gasteiger partial charge in [-0.15, -0.1) is 0 Å². The number of hydrogen-bond acceptors (Lipinski definition) is 1. The van der Waals surface area contributed by atoms with E-state index in [1.165, 1.54) is 0 Å². The van der Waals surface area contributed by atoms with E-state index in [1.54, 1.807) is 0 Å². The van der Waals surface area contributed by atoms with E-state index in [9.17, 15) is 4.79 Å². The molecular weight excluding hydrogens is 164 g/mol. The number of hydrogen-bond donors (Lipinski definition) is 2. The lowest BCUT2D eigenvalue weighted by atomic mass is 10.1. The fourth-order valence-corrected chi connectivity index (χ4v) is 1.50.